The minimum atomic E-state index is -0.323. The summed E-state index contributed by atoms with van der Waals surface area (Å²) in [7, 11) is 0. The van der Waals surface area contributed by atoms with E-state index < -0.39 is 0 Å². The van der Waals surface area contributed by atoms with Crippen LogP contribution in [0, 0.1) is 35.3 Å². The molecule has 0 saturated carbocycles. The van der Waals surface area contributed by atoms with Gasteiger partial charge in [0.25, 0.3) is 11.6 Å². The minimum absolute atomic E-state index is 0.0822. The summed E-state index contributed by atoms with van der Waals surface area (Å²) >= 11 is 0. The number of nitro benzene ring substituents is 1. The summed E-state index contributed by atoms with van der Waals surface area (Å²) in [5.41, 5.74) is 5.04. The number of piperazine rings is 1. The number of rotatable bonds is 6. The number of aryl methyl sites for hydroxylation is 1. The Morgan fingerprint density at radius 3 is 2.26 bits per heavy atom. The Labute approximate surface area is 228 Å². The van der Waals surface area contributed by atoms with Crippen molar-refractivity contribution in [2.24, 2.45) is 0 Å². The molecule has 2 aromatic carbocycles. The molecular weight excluding hydrogens is 492 g/mol. The van der Waals surface area contributed by atoms with E-state index >= 15 is 0 Å². The van der Waals surface area contributed by atoms with Gasteiger partial charge in [-0.3, -0.25) is 14.9 Å². The number of nitro groups is 1. The van der Waals surface area contributed by atoms with E-state index in [9.17, 15) is 20.2 Å². The highest BCUT2D eigenvalue weighted by molar-refractivity contribution is 6.02. The molecule has 2 fully saturated rings. The van der Waals surface area contributed by atoms with Crippen molar-refractivity contribution in [1.29, 1.82) is 5.26 Å². The highest BCUT2D eigenvalue weighted by Gasteiger charge is 2.26. The zero-order valence-electron chi connectivity index (χ0n) is 22.3. The van der Waals surface area contributed by atoms with Gasteiger partial charge in [0.2, 0.25) is 0 Å². The maximum absolute atomic E-state index is 13.3. The van der Waals surface area contributed by atoms with E-state index in [-0.39, 0.29) is 22.1 Å². The van der Waals surface area contributed by atoms with E-state index in [1.807, 2.05) is 54.8 Å². The Hall–Kier alpha value is -4.58. The number of amides is 1. The van der Waals surface area contributed by atoms with Crippen LogP contribution in [0.4, 0.5) is 17.1 Å². The molecule has 0 aliphatic carbocycles. The van der Waals surface area contributed by atoms with Gasteiger partial charge in [-0.2, -0.15) is 5.26 Å². The second-order valence-corrected chi connectivity index (χ2v) is 10.1. The zero-order valence-corrected chi connectivity index (χ0v) is 22.3. The second kappa shape index (κ2) is 11.0. The maximum Gasteiger partial charge on any atom is 0.294 e. The molecule has 0 spiro atoms. The molecule has 0 N–H and O–H groups in total. The SMILES string of the molecule is Cc1cc(C=C(C#N)C(=O)N2CCN(c3ccccc3)CC2)c(C)n1-c1ccc(N2CCCC2)c([N+](=O)[O-])c1. The smallest absolute Gasteiger partial charge is 0.294 e. The molecule has 200 valence electrons. The van der Waals surface area contributed by atoms with Crippen LogP contribution in [0.5, 0.6) is 0 Å². The predicted molar refractivity (Wildman–Crippen MR) is 152 cm³/mol. The summed E-state index contributed by atoms with van der Waals surface area (Å²) in [4.78, 5) is 30.9. The summed E-state index contributed by atoms with van der Waals surface area (Å²) in [6.07, 6.45) is 3.71. The predicted octanol–water partition coefficient (Wildman–Crippen LogP) is 4.86. The molecular formula is C30H32N6O3. The molecule has 2 aliphatic heterocycles. The molecule has 2 aliphatic rings. The van der Waals surface area contributed by atoms with Crippen molar-refractivity contribution in [3.05, 3.63) is 87.2 Å². The van der Waals surface area contributed by atoms with E-state index in [2.05, 4.69) is 28.0 Å². The molecule has 2 saturated heterocycles. The van der Waals surface area contributed by atoms with Crippen LogP contribution in [-0.4, -0.2) is 59.6 Å². The van der Waals surface area contributed by atoms with Crippen LogP contribution in [0.1, 0.15) is 29.8 Å². The average Bonchev–Trinajstić information content (AvgIpc) is 3.59. The third-order valence-electron chi connectivity index (χ3n) is 7.67. The third-order valence-corrected chi connectivity index (χ3v) is 7.67. The Bertz CT molecular complexity index is 1460. The Morgan fingerprint density at radius 2 is 1.62 bits per heavy atom. The van der Waals surface area contributed by atoms with Gasteiger partial charge in [0.15, 0.2) is 0 Å². The van der Waals surface area contributed by atoms with Crippen LogP contribution >= 0.6 is 0 Å². The lowest BCUT2D eigenvalue weighted by Crippen LogP contribution is -2.49. The van der Waals surface area contributed by atoms with Crippen LogP contribution < -0.4 is 9.80 Å². The van der Waals surface area contributed by atoms with Crippen molar-refractivity contribution in [2.45, 2.75) is 26.7 Å². The Kier molecular flexibility index (Phi) is 7.37. The molecule has 0 unspecified atom stereocenters. The fourth-order valence-corrected chi connectivity index (χ4v) is 5.63. The average molecular weight is 525 g/mol. The molecule has 39 heavy (non-hydrogen) atoms. The summed E-state index contributed by atoms with van der Waals surface area (Å²) in [5.74, 6) is -0.277. The van der Waals surface area contributed by atoms with Gasteiger partial charge in [-0.05, 0) is 68.7 Å². The molecule has 0 bridgehead atoms. The topological polar surface area (TPSA) is 98.7 Å². The van der Waals surface area contributed by atoms with Crippen molar-refractivity contribution in [1.82, 2.24) is 9.47 Å². The molecule has 3 aromatic rings. The summed E-state index contributed by atoms with van der Waals surface area (Å²) < 4.78 is 1.94. The van der Waals surface area contributed by atoms with Crippen LogP contribution in [0.3, 0.4) is 0 Å². The number of hydrogen-bond donors (Lipinski definition) is 0. The lowest BCUT2D eigenvalue weighted by Gasteiger charge is -2.36. The van der Waals surface area contributed by atoms with E-state index in [1.54, 1.807) is 17.0 Å². The quantitative estimate of drug-likeness (QED) is 0.198. The minimum Gasteiger partial charge on any atom is -0.368 e. The molecule has 1 amide bonds. The summed E-state index contributed by atoms with van der Waals surface area (Å²) in [6.45, 7) is 7.95. The summed E-state index contributed by atoms with van der Waals surface area (Å²) in [6, 6.07) is 19.4. The first kappa shape index (κ1) is 26.0. The standard InChI is InChI=1S/C30H32N6O3/c1-22-18-24(19-25(21-31)30(37)34-16-14-32(15-17-34)26-8-4-3-5-9-26)23(2)35(22)27-10-11-28(29(20-27)36(38)39)33-12-6-7-13-33/h3-5,8-11,18-20H,6-7,12-17H2,1-2H3. The second-order valence-electron chi connectivity index (χ2n) is 10.1. The van der Waals surface area contributed by atoms with Crippen molar-refractivity contribution >= 4 is 29.0 Å². The molecule has 1 aromatic heterocycles. The van der Waals surface area contributed by atoms with E-state index in [4.69, 9.17) is 0 Å². The zero-order chi connectivity index (χ0) is 27.5. The molecule has 0 radical (unpaired) electrons. The maximum atomic E-state index is 13.3. The number of anilines is 2. The number of benzene rings is 2. The molecule has 9 nitrogen and oxygen atoms in total. The first-order chi connectivity index (χ1) is 18.9. The molecule has 0 atom stereocenters. The Balaban J connectivity index is 1.38. The monoisotopic (exact) mass is 524 g/mol. The fraction of sp³-hybridized carbons (Fsp3) is 0.333. The van der Waals surface area contributed by atoms with Crippen molar-refractivity contribution < 1.29 is 9.72 Å². The highest BCUT2D eigenvalue weighted by atomic mass is 16.6. The van der Waals surface area contributed by atoms with Gasteiger partial charge in [0, 0.05) is 62.4 Å². The number of nitrogens with zero attached hydrogens (tertiary/aromatic N) is 6. The molecule has 3 heterocycles. The Morgan fingerprint density at radius 1 is 0.923 bits per heavy atom. The van der Waals surface area contributed by atoms with Crippen LogP contribution in [0.25, 0.3) is 11.8 Å². The van der Waals surface area contributed by atoms with Gasteiger partial charge in [-0.25, -0.2) is 0 Å². The summed E-state index contributed by atoms with van der Waals surface area (Å²) in [5, 5.41) is 21.8. The van der Waals surface area contributed by atoms with Gasteiger partial charge >= 0.3 is 0 Å². The normalized spacial score (nSPS) is 15.9. The van der Waals surface area contributed by atoms with E-state index in [0.717, 1.165) is 48.6 Å². The van der Waals surface area contributed by atoms with Crippen LogP contribution in [-0.2, 0) is 4.79 Å². The van der Waals surface area contributed by atoms with Gasteiger partial charge in [0.05, 0.1) is 10.6 Å². The van der Waals surface area contributed by atoms with Crippen molar-refractivity contribution in [3.63, 3.8) is 0 Å². The number of para-hydroxylation sites is 1. The van der Waals surface area contributed by atoms with Gasteiger partial charge in [0.1, 0.15) is 17.3 Å². The number of aromatic nitrogens is 1. The van der Waals surface area contributed by atoms with E-state index in [0.29, 0.717) is 37.6 Å². The highest BCUT2D eigenvalue weighted by Crippen LogP contribution is 2.34. The van der Waals surface area contributed by atoms with Gasteiger partial charge in [-0.15, -0.1) is 0 Å². The fourth-order valence-electron chi connectivity index (χ4n) is 5.63. The molecule has 5 rings (SSSR count). The van der Waals surface area contributed by atoms with Gasteiger partial charge in [-0.1, -0.05) is 18.2 Å². The number of carbonyl (C=O) groups is 1. The number of hydrogen-bond acceptors (Lipinski definition) is 6. The van der Waals surface area contributed by atoms with Crippen LogP contribution in [0.2, 0.25) is 0 Å². The van der Waals surface area contributed by atoms with Crippen molar-refractivity contribution in [3.8, 4) is 11.8 Å². The van der Waals surface area contributed by atoms with E-state index in [1.165, 1.54) is 0 Å². The molecule has 9 heteroatoms. The number of nitriles is 1. The van der Waals surface area contributed by atoms with Crippen LogP contribution in [0.15, 0.2) is 60.2 Å². The third kappa shape index (κ3) is 5.23. The largest absolute Gasteiger partial charge is 0.368 e. The number of carbonyl (C=O) groups excluding carboxylic acids is 1. The van der Waals surface area contributed by atoms with Crippen molar-refractivity contribution in [2.75, 3.05) is 49.1 Å². The lowest BCUT2D eigenvalue weighted by atomic mass is 10.1. The van der Waals surface area contributed by atoms with Gasteiger partial charge < -0.3 is 19.3 Å². The first-order valence-electron chi connectivity index (χ1n) is 13.3. The first-order valence-corrected chi connectivity index (χ1v) is 13.3. The lowest BCUT2D eigenvalue weighted by molar-refractivity contribution is -0.384.